The zero-order valence-electron chi connectivity index (χ0n) is 10.5. The molecule has 0 radical (unpaired) electrons. The monoisotopic (exact) mass is 330 g/mol. The van der Waals surface area contributed by atoms with Gasteiger partial charge in [-0.15, -0.1) is 0 Å². The smallest absolute Gasteiger partial charge is 0.312 e. The predicted octanol–water partition coefficient (Wildman–Crippen LogP) is 2.08. The van der Waals surface area contributed by atoms with Crippen molar-refractivity contribution in [3.8, 4) is 0 Å². The van der Waals surface area contributed by atoms with Gasteiger partial charge in [0.25, 0.3) is 0 Å². The molecule has 1 heterocycles. The quantitative estimate of drug-likeness (QED) is 0.589. The highest BCUT2D eigenvalue weighted by Crippen LogP contribution is 2.24. The Morgan fingerprint density at radius 1 is 1.53 bits per heavy atom. The van der Waals surface area contributed by atoms with Crippen LogP contribution in [0.25, 0.3) is 0 Å². The maximum Gasteiger partial charge on any atom is 0.312 e. The summed E-state index contributed by atoms with van der Waals surface area (Å²) < 4.78 is 0.533. The Morgan fingerprint density at radius 3 is 2.89 bits per heavy atom. The van der Waals surface area contributed by atoms with Crippen LogP contribution in [0, 0.1) is 10.1 Å². The number of anilines is 1. The molecule has 19 heavy (non-hydrogen) atoms. The van der Waals surface area contributed by atoms with Crippen LogP contribution in [0.15, 0.2) is 16.7 Å². The lowest BCUT2D eigenvalue weighted by atomic mass is 10.3. The molecule has 0 aliphatic rings. The van der Waals surface area contributed by atoms with Crippen molar-refractivity contribution in [3.63, 3.8) is 0 Å². The summed E-state index contributed by atoms with van der Waals surface area (Å²) in [4.78, 5) is 25.6. The molecule has 0 saturated carbocycles. The van der Waals surface area contributed by atoms with Crippen LogP contribution in [0.5, 0.6) is 0 Å². The average molecular weight is 331 g/mol. The van der Waals surface area contributed by atoms with Crippen molar-refractivity contribution >= 4 is 33.3 Å². The van der Waals surface area contributed by atoms with E-state index in [2.05, 4.69) is 31.5 Å². The number of hydrogen-bond donors (Lipinski definition) is 2. The Kier molecular flexibility index (Phi) is 6.20. The number of nitrogens with zero attached hydrogens (tertiary/aromatic N) is 2. The van der Waals surface area contributed by atoms with Gasteiger partial charge in [-0.3, -0.25) is 14.9 Å². The van der Waals surface area contributed by atoms with Gasteiger partial charge in [0, 0.05) is 36.2 Å². The summed E-state index contributed by atoms with van der Waals surface area (Å²) >= 11 is 3.13. The Hall–Kier alpha value is -1.70. The molecular weight excluding hydrogens is 316 g/mol. The van der Waals surface area contributed by atoms with Crippen molar-refractivity contribution in [1.82, 2.24) is 10.3 Å². The summed E-state index contributed by atoms with van der Waals surface area (Å²) in [6.45, 7) is 2.90. The first-order valence-corrected chi connectivity index (χ1v) is 6.64. The fraction of sp³-hybridized carbons (Fsp3) is 0.455. The van der Waals surface area contributed by atoms with Crippen LogP contribution in [0.3, 0.4) is 0 Å². The molecule has 8 heteroatoms. The number of nitrogens with one attached hydrogen (secondary N) is 2. The van der Waals surface area contributed by atoms with Gasteiger partial charge < -0.3 is 10.6 Å². The number of halogens is 1. The third kappa shape index (κ3) is 5.21. The Bertz CT molecular complexity index is 467. The summed E-state index contributed by atoms with van der Waals surface area (Å²) in [5.41, 5.74) is -0.122. The highest BCUT2D eigenvalue weighted by Gasteiger charge is 2.15. The summed E-state index contributed by atoms with van der Waals surface area (Å²) in [7, 11) is 0. The normalized spacial score (nSPS) is 10.0. The van der Waals surface area contributed by atoms with Crippen LogP contribution in [0.4, 0.5) is 11.5 Å². The predicted molar refractivity (Wildman–Crippen MR) is 75.0 cm³/mol. The fourth-order valence-corrected chi connectivity index (χ4v) is 1.67. The van der Waals surface area contributed by atoms with E-state index >= 15 is 0 Å². The molecule has 0 spiro atoms. The molecule has 104 valence electrons. The standard InChI is InChI=1S/C11H15BrN4O3/c1-2-4-13-10(17)3-5-14-11-9(16(18)19)6-8(12)7-15-11/h6-7H,2-5H2,1H3,(H,13,17)(H,14,15). The van der Waals surface area contributed by atoms with E-state index in [0.29, 0.717) is 17.6 Å². The van der Waals surface area contributed by atoms with Gasteiger partial charge in [-0.2, -0.15) is 0 Å². The third-order valence-electron chi connectivity index (χ3n) is 2.25. The number of nitro groups is 1. The number of carbonyl (C=O) groups is 1. The van der Waals surface area contributed by atoms with Gasteiger partial charge in [0.1, 0.15) is 0 Å². The van der Waals surface area contributed by atoms with Gasteiger partial charge in [0.2, 0.25) is 11.7 Å². The molecule has 0 unspecified atom stereocenters. The number of aromatic nitrogens is 1. The minimum Gasteiger partial charge on any atom is -0.364 e. The van der Waals surface area contributed by atoms with Crippen molar-refractivity contribution in [2.75, 3.05) is 18.4 Å². The van der Waals surface area contributed by atoms with Crippen molar-refractivity contribution in [1.29, 1.82) is 0 Å². The molecule has 2 N–H and O–H groups in total. The first-order chi connectivity index (χ1) is 9.04. The average Bonchev–Trinajstić information content (AvgIpc) is 2.37. The second-order valence-corrected chi connectivity index (χ2v) is 4.72. The molecule has 0 aliphatic heterocycles. The molecule has 1 rings (SSSR count). The van der Waals surface area contributed by atoms with E-state index in [4.69, 9.17) is 0 Å². The topological polar surface area (TPSA) is 97.2 Å². The first kappa shape index (κ1) is 15.4. The minimum atomic E-state index is -0.517. The molecule has 0 saturated heterocycles. The molecule has 0 aromatic carbocycles. The minimum absolute atomic E-state index is 0.0888. The fourth-order valence-electron chi connectivity index (χ4n) is 1.35. The van der Waals surface area contributed by atoms with E-state index in [1.807, 2.05) is 6.92 Å². The highest BCUT2D eigenvalue weighted by atomic mass is 79.9. The van der Waals surface area contributed by atoms with E-state index in [1.165, 1.54) is 12.3 Å². The van der Waals surface area contributed by atoms with Gasteiger partial charge in [-0.1, -0.05) is 6.92 Å². The number of carbonyl (C=O) groups excluding carboxylic acids is 1. The van der Waals surface area contributed by atoms with E-state index in [-0.39, 0.29) is 23.8 Å². The summed E-state index contributed by atoms with van der Waals surface area (Å²) in [5.74, 6) is 0.0746. The lowest BCUT2D eigenvalue weighted by molar-refractivity contribution is -0.384. The van der Waals surface area contributed by atoms with E-state index < -0.39 is 4.92 Å². The Morgan fingerprint density at radius 2 is 2.26 bits per heavy atom. The lowest BCUT2D eigenvalue weighted by Crippen LogP contribution is -2.26. The van der Waals surface area contributed by atoms with Gasteiger partial charge in [-0.05, 0) is 22.4 Å². The van der Waals surface area contributed by atoms with Crippen molar-refractivity contribution < 1.29 is 9.72 Å². The van der Waals surface area contributed by atoms with E-state index in [1.54, 1.807) is 0 Å². The van der Waals surface area contributed by atoms with E-state index in [9.17, 15) is 14.9 Å². The molecule has 7 nitrogen and oxygen atoms in total. The van der Waals surface area contributed by atoms with Gasteiger partial charge >= 0.3 is 5.69 Å². The SMILES string of the molecule is CCCNC(=O)CCNc1ncc(Br)cc1[N+](=O)[O-]. The van der Waals surface area contributed by atoms with Crippen LogP contribution < -0.4 is 10.6 Å². The maximum atomic E-state index is 11.4. The first-order valence-electron chi connectivity index (χ1n) is 5.85. The number of pyridine rings is 1. The molecule has 0 aliphatic carbocycles. The molecule has 0 bridgehead atoms. The van der Waals surface area contributed by atoms with Gasteiger partial charge in [-0.25, -0.2) is 4.98 Å². The van der Waals surface area contributed by atoms with Gasteiger partial charge in [0.15, 0.2) is 0 Å². The zero-order chi connectivity index (χ0) is 14.3. The van der Waals surface area contributed by atoms with Crippen molar-refractivity contribution in [2.24, 2.45) is 0 Å². The Balaban J connectivity index is 2.53. The summed E-state index contributed by atoms with van der Waals surface area (Å²) in [5, 5.41) is 16.4. The van der Waals surface area contributed by atoms with E-state index in [0.717, 1.165) is 6.42 Å². The number of rotatable bonds is 7. The van der Waals surface area contributed by atoms with Gasteiger partial charge in [0.05, 0.1) is 4.92 Å². The molecule has 1 aromatic heterocycles. The molecule has 1 aromatic rings. The van der Waals surface area contributed by atoms with Crippen LogP contribution >= 0.6 is 15.9 Å². The molecular formula is C11H15BrN4O3. The number of amides is 1. The Labute approximate surface area is 119 Å². The highest BCUT2D eigenvalue weighted by molar-refractivity contribution is 9.10. The summed E-state index contributed by atoms with van der Waals surface area (Å²) in [6.07, 6.45) is 2.58. The van der Waals surface area contributed by atoms with Crippen molar-refractivity contribution in [3.05, 3.63) is 26.9 Å². The largest absolute Gasteiger partial charge is 0.364 e. The molecule has 0 atom stereocenters. The number of hydrogen-bond acceptors (Lipinski definition) is 5. The third-order valence-corrected chi connectivity index (χ3v) is 2.68. The summed E-state index contributed by atoms with van der Waals surface area (Å²) in [6, 6.07) is 1.37. The van der Waals surface area contributed by atoms with Crippen molar-refractivity contribution in [2.45, 2.75) is 19.8 Å². The second-order valence-electron chi connectivity index (χ2n) is 3.81. The van der Waals surface area contributed by atoms with Crippen LogP contribution in [0.1, 0.15) is 19.8 Å². The lowest BCUT2D eigenvalue weighted by Gasteiger charge is -2.06. The molecule has 0 fully saturated rings. The zero-order valence-corrected chi connectivity index (χ0v) is 12.1. The maximum absolute atomic E-state index is 11.4. The second kappa shape index (κ2) is 7.67. The van der Waals surface area contributed by atoms with Crippen LogP contribution in [-0.2, 0) is 4.79 Å². The molecule has 1 amide bonds. The van der Waals surface area contributed by atoms with Crippen LogP contribution in [0.2, 0.25) is 0 Å². The van der Waals surface area contributed by atoms with Crippen LogP contribution in [-0.4, -0.2) is 28.9 Å².